The number of halogens is 1. The number of esters is 1. The number of carbonyl (C=O) groups excluding carboxylic acids is 2. The SMILES string of the molecule is COc1ccc([C@@H]2C(C(=O)OC(C)C)=C(C)N=c3s/c(=C4\C(=O)N(C)c5ccc(Br)cc54)c(=O)n32)cc1. The van der Waals surface area contributed by atoms with Crippen LogP contribution in [-0.4, -0.2) is 36.7 Å². The molecule has 0 saturated heterocycles. The van der Waals surface area contributed by atoms with E-state index in [0.717, 1.165) is 21.5 Å². The van der Waals surface area contributed by atoms with Crippen molar-refractivity contribution in [1.29, 1.82) is 0 Å². The third kappa shape index (κ3) is 4.14. The first-order valence-electron chi connectivity index (χ1n) is 11.6. The Morgan fingerprint density at radius 3 is 2.49 bits per heavy atom. The van der Waals surface area contributed by atoms with Crippen molar-refractivity contribution in [3.05, 3.63) is 89.0 Å². The van der Waals surface area contributed by atoms with Crippen LogP contribution in [0.1, 0.15) is 37.9 Å². The van der Waals surface area contributed by atoms with Crippen molar-refractivity contribution in [2.24, 2.45) is 4.99 Å². The second-order valence-corrected chi connectivity index (χ2v) is 10.9. The van der Waals surface area contributed by atoms with Gasteiger partial charge in [0.15, 0.2) is 4.80 Å². The smallest absolute Gasteiger partial charge is 0.338 e. The summed E-state index contributed by atoms with van der Waals surface area (Å²) in [5, 5.41) is 0. The molecular weight excluding hydrogens is 558 g/mol. The molecule has 37 heavy (non-hydrogen) atoms. The van der Waals surface area contributed by atoms with Gasteiger partial charge in [0.25, 0.3) is 11.5 Å². The lowest BCUT2D eigenvalue weighted by molar-refractivity contribution is -0.143. The molecule has 3 aromatic rings. The van der Waals surface area contributed by atoms with Gasteiger partial charge in [-0.05, 0) is 56.7 Å². The van der Waals surface area contributed by atoms with E-state index in [2.05, 4.69) is 20.9 Å². The van der Waals surface area contributed by atoms with Crippen molar-refractivity contribution in [3.8, 4) is 5.75 Å². The van der Waals surface area contributed by atoms with E-state index in [4.69, 9.17) is 9.47 Å². The van der Waals surface area contributed by atoms with Gasteiger partial charge < -0.3 is 14.4 Å². The number of anilines is 1. The van der Waals surface area contributed by atoms with Gasteiger partial charge in [-0.3, -0.25) is 14.2 Å². The Morgan fingerprint density at radius 1 is 1.14 bits per heavy atom. The molecule has 8 nitrogen and oxygen atoms in total. The normalized spacial score (nSPS) is 18.1. The molecule has 3 heterocycles. The summed E-state index contributed by atoms with van der Waals surface area (Å²) in [6.07, 6.45) is -0.349. The molecule has 1 amide bonds. The van der Waals surface area contributed by atoms with Gasteiger partial charge in [-0.15, -0.1) is 0 Å². The molecule has 0 spiro atoms. The number of ether oxygens (including phenoxy) is 2. The standard InChI is InChI=1S/C27H24BrN3O5S/c1-13(2)36-26(34)20-14(3)29-27-31(22(20)15-6-9-17(35-5)10-7-15)25(33)23(37-27)21-18-12-16(28)8-11-19(18)30(4)24(21)32/h6-13,22H,1-5H3/b23-21-/t22-/m1/s1. The van der Waals surface area contributed by atoms with Gasteiger partial charge in [0.1, 0.15) is 10.3 Å². The number of aromatic nitrogens is 1. The number of thiazole rings is 1. The number of amides is 1. The zero-order valence-electron chi connectivity index (χ0n) is 20.9. The third-order valence-corrected chi connectivity index (χ3v) is 7.87. The number of likely N-dealkylation sites (N-methyl/N-ethyl adjacent to an activating group) is 1. The molecular formula is C27H24BrN3O5S. The summed E-state index contributed by atoms with van der Waals surface area (Å²) in [5.74, 6) is -0.164. The van der Waals surface area contributed by atoms with Crippen molar-refractivity contribution < 1.29 is 19.1 Å². The lowest BCUT2D eigenvalue weighted by atomic mass is 9.95. The van der Waals surface area contributed by atoms with Gasteiger partial charge >= 0.3 is 5.97 Å². The van der Waals surface area contributed by atoms with Crippen LogP contribution in [0.15, 0.2) is 68.0 Å². The number of fused-ring (bicyclic) bond motifs is 2. The lowest BCUT2D eigenvalue weighted by Gasteiger charge is -2.25. The van der Waals surface area contributed by atoms with Gasteiger partial charge in [-0.25, -0.2) is 9.79 Å². The Labute approximate surface area is 225 Å². The van der Waals surface area contributed by atoms with Crippen molar-refractivity contribution in [2.45, 2.75) is 32.9 Å². The summed E-state index contributed by atoms with van der Waals surface area (Å²) in [4.78, 5) is 47.2. The van der Waals surface area contributed by atoms with Crippen LogP contribution in [-0.2, 0) is 14.3 Å². The van der Waals surface area contributed by atoms with Gasteiger partial charge in [-0.2, -0.15) is 0 Å². The maximum absolute atomic E-state index is 14.1. The van der Waals surface area contributed by atoms with E-state index >= 15 is 0 Å². The number of allylic oxidation sites excluding steroid dienone is 1. The first kappa shape index (κ1) is 25.2. The Morgan fingerprint density at radius 2 is 1.84 bits per heavy atom. The molecule has 0 aliphatic carbocycles. The van der Waals surface area contributed by atoms with Crippen molar-refractivity contribution in [3.63, 3.8) is 0 Å². The van der Waals surface area contributed by atoms with Gasteiger partial charge in [0, 0.05) is 17.1 Å². The Balaban J connectivity index is 1.81. The predicted molar refractivity (Wildman–Crippen MR) is 144 cm³/mol. The minimum Gasteiger partial charge on any atom is -0.497 e. The molecule has 0 unspecified atom stereocenters. The molecule has 0 fully saturated rings. The predicted octanol–water partition coefficient (Wildman–Crippen LogP) is 3.30. The molecule has 0 bridgehead atoms. The summed E-state index contributed by atoms with van der Waals surface area (Å²) < 4.78 is 13.4. The average Bonchev–Trinajstić information content (AvgIpc) is 3.29. The van der Waals surface area contributed by atoms with Gasteiger partial charge in [0.05, 0.1) is 41.8 Å². The minimum absolute atomic E-state index is 0.269. The minimum atomic E-state index is -0.779. The summed E-state index contributed by atoms with van der Waals surface area (Å²) in [6, 6.07) is 11.9. The molecule has 0 N–H and O–H groups in total. The van der Waals surface area contributed by atoms with E-state index in [9.17, 15) is 14.4 Å². The molecule has 1 atom stereocenters. The molecule has 0 radical (unpaired) electrons. The number of carbonyl (C=O) groups is 2. The molecule has 1 aromatic heterocycles. The number of benzene rings is 2. The van der Waals surface area contributed by atoms with Crippen LogP contribution >= 0.6 is 27.3 Å². The van der Waals surface area contributed by atoms with Crippen LogP contribution < -0.4 is 24.5 Å². The van der Waals surface area contributed by atoms with E-state index in [1.165, 1.54) is 9.47 Å². The summed E-state index contributed by atoms with van der Waals surface area (Å²) in [7, 11) is 3.25. The molecule has 0 saturated carbocycles. The maximum Gasteiger partial charge on any atom is 0.338 e. The molecule has 2 aromatic carbocycles. The van der Waals surface area contributed by atoms with Crippen LogP contribution in [0, 0.1) is 0 Å². The number of nitrogens with zero attached hydrogens (tertiary/aromatic N) is 3. The molecule has 2 aliphatic heterocycles. The van der Waals surface area contributed by atoms with Crippen molar-refractivity contribution >= 4 is 50.4 Å². The maximum atomic E-state index is 14.1. The van der Waals surface area contributed by atoms with Crippen LogP contribution in [0.25, 0.3) is 5.57 Å². The van der Waals surface area contributed by atoms with Crippen LogP contribution in [0.2, 0.25) is 0 Å². The van der Waals surface area contributed by atoms with E-state index in [-0.39, 0.29) is 22.1 Å². The Kier molecular flexibility index (Phi) is 6.41. The number of rotatable bonds is 4. The highest BCUT2D eigenvalue weighted by atomic mass is 79.9. The fourth-order valence-corrected chi connectivity index (χ4v) is 6.12. The van der Waals surface area contributed by atoms with Crippen molar-refractivity contribution in [1.82, 2.24) is 4.57 Å². The van der Waals surface area contributed by atoms with Gasteiger partial charge in [0.2, 0.25) is 0 Å². The first-order valence-corrected chi connectivity index (χ1v) is 13.2. The molecule has 190 valence electrons. The van der Waals surface area contributed by atoms with E-state index in [1.54, 1.807) is 47.1 Å². The molecule has 10 heteroatoms. The Bertz CT molecular complexity index is 1670. The molecule has 2 aliphatic rings. The fourth-order valence-electron chi connectivity index (χ4n) is 4.62. The highest BCUT2D eigenvalue weighted by Crippen LogP contribution is 2.36. The zero-order chi connectivity index (χ0) is 26.6. The number of methoxy groups -OCH3 is 1. The number of hydrogen-bond acceptors (Lipinski definition) is 7. The van der Waals surface area contributed by atoms with E-state index < -0.39 is 17.6 Å². The largest absolute Gasteiger partial charge is 0.497 e. The summed E-state index contributed by atoms with van der Waals surface area (Å²) in [6.45, 7) is 5.27. The zero-order valence-corrected chi connectivity index (χ0v) is 23.3. The van der Waals surface area contributed by atoms with Crippen LogP contribution in [0.3, 0.4) is 0 Å². The summed E-state index contributed by atoms with van der Waals surface area (Å²) >= 11 is 4.62. The van der Waals surface area contributed by atoms with E-state index in [0.29, 0.717) is 32.9 Å². The summed E-state index contributed by atoms with van der Waals surface area (Å²) in [5.41, 5.74) is 2.76. The topological polar surface area (TPSA) is 90.2 Å². The van der Waals surface area contributed by atoms with Gasteiger partial charge in [-0.1, -0.05) is 39.4 Å². The second kappa shape index (κ2) is 9.42. The average molecular weight is 582 g/mol. The fraction of sp³-hybridized carbons (Fsp3) is 0.259. The van der Waals surface area contributed by atoms with Crippen LogP contribution in [0.5, 0.6) is 5.75 Å². The second-order valence-electron chi connectivity index (χ2n) is 9.03. The third-order valence-electron chi connectivity index (χ3n) is 6.33. The van der Waals surface area contributed by atoms with Crippen molar-refractivity contribution in [2.75, 3.05) is 19.1 Å². The highest BCUT2D eigenvalue weighted by Gasteiger charge is 2.36. The van der Waals surface area contributed by atoms with Crippen LogP contribution in [0.4, 0.5) is 5.69 Å². The highest BCUT2D eigenvalue weighted by molar-refractivity contribution is 9.10. The number of hydrogen-bond donors (Lipinski definition) is 0. The lowest BCUT2D eigenvalue weighted by Crippen LogP contribution is -2.41. The molecule has 5 rings (SSSR count). The first-order chi connectivity index (χ1) is 17.6. The monoisotopic (exact) mass is 581 g/mol. The quantitative estimate of drug-likeness (QED) is 0.441. The van der Waals surface area contributed by atoms with E-state index in [1.807, 2.05) is 30.3 Å². The Hall–Kier alpha value is -3.50.